The zero-order valence-electron chi connectivity index (χ0n) is 17.1. The van der Waals surface area contributed by atoms with Crippen molar-refractivity contribution in [3.05, 3.63) is 35.9 Å². The maximum atomic E-state index is 12.0. The Morgan fingerprint density at radius 1 is 1.11 bits per heavy atom. The van der Waals surface area contributed by atoms with E-state index >= 15 is 0 Å². The lowest BCUT2D eigenvalue weighted by Gasteiger charge is -2.30. The largest absolute Gasteiger partial charge is 0.382 e. The molecule has 0 spiro atoms. The molecule has 0 bridgehead atoms. The Kier molecular flexibility index (Phi) is 12.1. The molecule has 158 valence electrons. The first-order chi connectivity index (χ1) is 13.2. The molecule has 28 heavy (non-hydrogen) atoms. The van der Waals surface area contributed by atoms with E-state index in [4.69, 9.17) is 4.74 Å². The van der Waals surface area contributed by atoms with Gasteiger partial charge >= 0.3 is 0 Å². The van der Waals surface area contributed by atoms with E-state index in [-0.39, 0.29) is 29.9 Å². The predicted molar refractivity (Wildman–Crippen MR) is 126 cm³/mol. The molecule has 3 N–H and O–H groups in total. The third-order valence-corrected chi connectivity index (χ3v) is 5.24. The Morgan fingerprint density at radius 3 is 2.43 bits per heavy atom. The lowest BCUT2D eigenvalue weighted by Crippen LogP contribution is -2.45. The van der Waals surface area contributed by atoms with Gasteiger partial charge in [-0.05, 0) is 43.7 Å². The molecule has 0 saturated heterocycles. The van der Waals surface area contributed by atoms with Crippen molar-refractivity contribution >= 4 is 35.8 Å². The van der Waals surface area contributed by atoms with Crippen LogP contribution in [0.4, 0.5) is 0 Å². The third-order valence-electron chi connectivity index (χ3n) is 5.24. The third kappa shape index (κ3) is 8.34. The molecule has 1 fully saturated rings. The molecule has 7 heteroatoms. The van der Waals surface area contributed by atoms with Crippen LogP contribution in [0.3, 0.4) is 0 Å². The first-order valence-electron chi connectivity index (χ1n) is 10.0. The number of aliphatic imine (C=N–C) groups is 1. The van der Waals surface area contributed by atoms with Crippen LogP contribution < -0.4 is 16.0 Å². The highest BCUT2D eigenvalue weighted by molar-refractivity contribution is 14.0. The van der Waals surface area contributed by atoms with E-state index < -0.39 is 0 Å². The van der Waals surface area contributed by atoms with Gasteiger partial charge in [0.1, 0.15) is 0 Å². The number of guanidine groups is 1. The van der Waals surface area contributed by atoms with E-state index in [0.29, 0.717) is 24.1 Å². The number of rotatable bonds is 10. The van der Waals surface area contributed by atoms with Crippen molar-refractivity contribution in [2.75, 3.05) is 39.9 Å². The molecule has 0 heterocycles. The highest BCUT2D eigenvalue weighted by atomic mass is 127. The van der Waals surface area contributed by atoms with Gasteiger partial charge in [0.2, 0.25) is 0 Å². The Bertz CT molecular complexity index is 589. The van der Waals surface area contributed by atoms with Gasteiger partial charge in [-0.15, -0.1) is 24.0 Å². The molecule has 1 aliphatic carbocycles. The molecule has 2 rings (SSSR count). The second kappa shape index (κ2) is 13.8. The second-order valence-corrected chi connectivity index (χ2v) is 7.13. The average Bonchev–Trinajstić information content (AvgIpc) is 3.17. The van der Waals surface area contributed by atoms with Crippen LogP contribution in [0.15, 0.2) is 35.3 Å². The minimum atomic E-state index is -0.0545. The first-order valence-corrected chi connectivity index (χ1v) is 10.0. The lowest BCUT2D eigenvalue weighted by atomic mass is 9.83. The van der Waals surface area contributed by atoms with E-state index in [2.05, 4.69) is 20.9 Å². The molecule has 1 amide bonds. The second-order valence-electron chi connectivity index (χ2n) is 7.13. The maximum absolute atomic E-state index is 12.0. The normalized spacial score (nSPS) is 15.6. The summed E-state index contributed by atoms with van der Waals surface area (Å²) in [7, 11) is 1.78. The summed E-state index contributed by atoms with van der Waals surface area (Å²) in [5.41, 5.74) is 0.992. The van der Waals surface area contributed by atoms with Crippen LogP contribution in [0, 0.1) is 5.41 Å². The first kappa shape index (κ1) is 24.7. The van der Waals surface area contributed by atoms with E-state index in [1.54, 1.807) is 7.05 Å². The van der Waals surface area contributed by atoms with Gasteiger partial charge in [0.15, 0.2) is 5.96 Å². The number of ether oxygens (including phenoxy) is 1. The van der Waals surface area contributed by atoms with Crippen LogP contribution in [0.2, 0.25) is 0 Å². The average molecular weight is 502 g/mol. The molecule has 1 aliphatic rings. The summed E-state index contributed by atoms with van der Waals surface area (Å²) in [6, 6.07) is 9.26. The summed E-state index contributed by atoms with van der Waals surface area (Å²) < 4.78 is 5.58. The summed E-state index contributed by atoms with van der Waals surface area (Å²) in [6.45, 7) is 5.74. The van der Waals surface area contributed by atoms with Crippen molar-refractivity contribution in [3.63, 3.8) is 0 Å². The number of benzene rings is 1. The molecule has 1 aromatic rings. The summed E-state index contributed by atoms with van der Waals surface area (Å²) in [4.78, 5) is 16.3. The van der Waals surface area contributed by atoms with Crippen LogP contribution in [0.25, 0.3) is 0 Å². The fourth-order valence-electron chi connectivity index (χ4n) is 3.61. The summed E-state index contributed by atoms with van der Waals surface area (Å²) in [5, 5.41) is 9.66. The number of nitrogens with zero attached hydrogens (tertiary/aromatic N) is 1. The van der Waals surface area contributed by atoms with Crippen LogP contribution in [0.5, 0.6) is 0 Å². The van der Waals surface area contributed by atoms with Gasteiger partial charge < -0.3 is 20.7 Å². The van der Waals surface area contributed by atoms with Gasteiger partial charge in [0.25, 0.3) is 5.91 Å². The number of carbonyl (C=O) groups excluding carboxylic acids is 1. The van der Waals surface area contributed by atoms with Crippen molar-refractivity contribution < 1.29 is 9.53 Å². The van der Waals surface area contributed by atoms with E-state index in [0.717, 1.165) is 32.1 Å². The van der Waals surface area contributed by atoms with Crippen molar-refractivity contribution in [1.29, 1.82) is 0 Å². The molecule has 0 aliphatic heterocycles. The quantitative estimate of drug-likeness (QED) is 0.199. The lowest BCUT2D eigenvalue weighted by molar-refractivity contribution is 0.0954. The molecule has 6 nitrogen and oxygen atoms in total. The van der Waals surface area contributed by atoms with E-state index in [1.165, 1.54) is 25.7 Å². The molecule has 0 aromatic heterocycles. The molecule has 1 saturated carbocycles. The summed E-state index contributed by atoms with van der Waals surface area (Å²) in [5.74, 6) is 0.729. The number of nitrogens with one attached hydrogen (secondary N) is 3. The van der Waals surface area contributed by atoms with Crippen molar-refractivity contribution in [1.82, 2.24) is 16.0 Å². The summed E-state index contributed by atoms with van der Waals surface area (Å²) in [6.07, 6.45) is 6.18. The minimum Gasteiger partial charge on any atom is -0.382 e. The van der Waals surface area contributed by atoms with Gasteiger partial charge in [-0.3, -0.25) is 9.79 Å². The van der Waals surface area contributed by atoms with Gasteiger partial charge in [-0.25, -0.2) is 0 Å². The van der Waals surface area contributed by atoms with Crippen LogP contribution >= 0.6 is 24.0 Å². The van der Waals surface area contributed by atoms with Crippen LogP contribution in [-0.2, 0) is 4.74 Å². The molecule has 1 aromatic carbocycles. The van der Waals surface area contributed by atoms with Crippen LogP contribution in [0.1, 0.15) is 49.4 Å². The SMILES string of the molecule is CCOCCC1(CNC(=NC)NCCNC(=O)c2ccccc2)CCCC1.I. The molecule has 0 atom stereocenters. The number of halogens is 1. The van der Waals surface area contributed by atoms with Gasteiger partial charge in [-0.2, -0.15) is 0 Å². The Labute approximate surface area is 186 Å². The fourth-order valence-corrected chi connectivity index (χ4v) is 3.61. The Balaban J connectivity index is 0.00000392. The van der Waals surface area contributed by atoms with Gasteiger partial charge in [-0.1, -0.05) is 31.0 Å². The van der Waals surface area contributed by atoms with Crippen molar-refractivity contribution in [3.8, 4) is 0 Å². The van der Waals surface area contributed by atoms with Gasteiger partial charge in [0.05, 0.1) is 0 Å². The Morgan fingerprint density at radius 2 is 1.79 bits per heavy atom. The predicted octanol–water partition coefficient (Wildman–Crippen LogP) is 3.19. The fraction of sp³-hybridized carbons (Fsp3) is 0.619. The molecular formula is C21H35IN4O2. The monoisotopic (exact) mass is 502 g/mol. The highest BCUT2D eigenvalue weighted by Crippen LogP contribution is 2.40. The topological polar surface area (TPSA) is 74.8 Å². The number of hydrogen-bond acceptors (Lipinski definition) is 3. The van der Waals surface area contributed by atoms with Gasteiger partial charge in [0, 0.05) is 45.5 Å². The van der Waals surface area contributed by atoms with Crippen LogP contribution in [-0.4, -0.2) is 51.8 Å². The maximum Gasteiger partial charge on any atom is 0.251 e. The number of carbonyl (C=O) groups is 1. The zero-order valence-corrected chi connectivity index (χ0v) is 19.5. The van der Waals surface area contributed by atoms with E-state index in [9.17, 15) is 4.79 Å². The van der Waals surface area contributed by atoms with Crippen molar-refractivity contribution in [2.45, 2.75) is 39.0 Å². The number of amides is 1. The minimum absolute atomic E-state index is 0. The zero-order chi connectivity index (χ0) is 19.4. The molecule has 0 unspecified atom stereocenters. The number of hydrogen-bond donors (Lipinski definition) is 3. The molecular weight excluding hydrogens is 467 g/mol. The van der Waals surface area contributed by atoms with Crippen molar-refractivity contribution in [2.24, 2.45) is 10.4 Å². The Hall–Kier alpha value is -1.35. The summed E-state index contributed by atoms with van der Waals surface area (Å²) >= 11 is 0. The standard InChI is InChI=1S/C21H34N4O2.HI/c1-3-27-16-13-21(11-7-8-12-21)17-25-20(22-2)24-15-14-23-19(26)18-9-5-4-6-10-18;/h4-6,9-10H,3,7-8,11-17H2,1-2H3,(H,23,26)(H2,22,24,25);1H. The molecule has 0 radical (unpaired) electrons. The smallest absolute Gasteiger partial charge is 0.251 e. The van der Waals surface area contributed by atoms with E-state index in [1.807, 2.05) is 37.3 Å². The highest BCUT2D eigenvalue weighted by Gasteiger charge is 2.33.